The Hall–Kier alpha value is -2.47. The first kappa shape index (κ1) is 19.5. The van der Waals surface area contributed by atoms with Gasteiger partial charge in [-0.05, 0) is 36.6 Å². The Morgan fingerprint density at radius 3 is 2.73 bits per heavy atom. The van der Waals surface area contributed by atoms with Crippen LogP contribution in [0.1, 0.15) is 57.8 Å². The van der Waals surface area contributed by atoms with E-state index in [-0.39, 0.29) is 22.0 Å². The number of aromatic nitrogens is 3. The molecule has 0 radical (unpaired) electrons. The summed E-state index contributed by atoms with van der Waals surface area (Å²) in [6, 6.07) is 14.0. The van der Waals surface area contributed by atoms with Crippen molar-refractivity contribution in [2.24, 2.45) is 5.41 Å². The molecule has 30 heavy (non-hydrogen) atoms. The second kappa shape index (κ2) is 6.77. The number of nitrogens with zero attached hydrogens (tertiary/aromatic N) is 3. The average molecular weight is 419 g/mol. The van der Waals surface area contributed by atoms with Crippen LogP contribution in [0, 0.1) is 5.41 Å². The number of rotatable bonds is 4. The van der Waals surface area contributed by atoms with Crippen molar-refractivity contribution >= 4 is 34.1 Å². The highest BCUT2D eigenvalue weighted by Crippen LogP contribution is 2.66. The molecule has 2 aliphatic rings. The average Bonchev–Trinajstić information content (AvgIpc) is 3.06. The molecule has 1 fully saturated rings. The fourth-order valence-electron chi connectivity index (χ4n) is 5.19. The van der Waals surface area contributed by atoms with Gasteiger partial charge >= 0.3 is 0 Å². The third kappa shape index (κ3) is 2.77. The molecule has 154 valence electrons. The van der Waals surface area contributed by atoms with E-state index in [1.807, 2.05) is 49.4 Å². The summed E-state index contributed by atoms with van der Waals surface area (Å²) in [5.41, 5.74) is 3.16. The van der Waals surface area contributed by atoms with E-state index in [9.17, 15) is 4.79 Å². The van der Waals surface area contributed by atoms with Gasteiger partial charge in [-0.15, -0.1) is 5.10 Å². The first-order valence-electron chi connectivity index (χ1n) is 10.5. The van der Waals surface area contributed by atoms with Crippen molar-refractivity contribution < 1.29 is 4.79 Å². The molecule has 3 aromatic rings. The van der Waals surface area contributed by atoms with Gasteiger partial charge in [-0.2, -0.15) is 5.10 Å². The number of thioether (sulfide) groups is 1. The van der Waals surface area contributed by atoms with Gasteiger partial charge in [-0.25, -0.2) is 4.98 Å². The lowest BCUT2D eigenvalue weighted by molar-refractivity contribution is -0.115. The fourth-order valence-corrected chi connectivity index (χ4v) is 5.91. The van der Waals surface area contributed by atoms with E-state index in [1.54, 1.807) is 0 Å². The van der Waals surface area contributed by atoms with E-state index in [1.165, 1.54) is 11.8 Å². The SMILES string of the molecule is CC(Sc1nnc2c(n1)C1(C)CCC2C1(C)C)C(=O)Nc1cccc2ccccc12. The molecule has 1 heterocycles. The number of hydrogen-bond donors (Lipinski definition) is 1. The van der Waals surface area contributed by atoms with Crippen molar-refractivity contribution in [1.82, 2.24) is 15.2 Å². The summed E-state index contributed by atoms with van der Waals surface area (Å²) >= 11 is 1.37. The van der Waals surface area contributed by atoms with Gasteiger partial charge in [0.15, 0.2) is 0 Å². The first-order valence-corrected chi connectivity index (χ1v) is 11.4. The normalized spacial score (nSPS) is 24.6. The van der Waals surface area contributed by atoms with E-state index in [0.29, 0.717) is 11.1 Å². The van der Waals surface area contributed by atoms with Crippen LogP contribution in [0.25, 0.3) is 10.8 Å². The van der Waals surface area contributed by atoms with Crippen LogP contribution in [0.15, 0.2) is 47.6 Å². The Kier molecular flexibility index (Phi) is 4.40. The minimum atomic E-state index is -0.330. The number of carbonyl (C=O) groups excluding carboxylic acids is 1. The molecule has 2 bridgehead atoms. The van der Waals surface area contributed by atoms with Crippen molar-refractivity contribution in [3.63, 3.8) is 0 Å². The summed E-state index contributed by atoms with van der Waals surface area (Å²) in [6.45, 7) is 8.83. The van der Waals surface area contributed by atoms with Gasteiger partial charge in [0.05, 0.1) is 16.6 Å². The molecule has 5 rings (SSSR count). The highest BCUT2D eigenvalue weighted by Gasteiger charge is 2.61. The van der Waals surface area contributed by atoms with E-state index in [4.69, 9.17) is 4.98 Å². The van der Waals surface area contributed by atoms with E-state index in [2.05, 4.69) is 36.3 Å². The van der Waals surface area contributed by atoms with Crippen molar-refractivity contribution in [3.8, 4) is 0 Å². The van der Waals surface area contributed by atoms with Crippen molar-refractivity contribution in [2.45, 2.75) is 62.3 Å². The molecular formula is C24H26N4OS. The van der Waals surface area contributed by atoms with Crippen LogP contribution in [-0.4, -0.2) is 26.3 Å². The molecule has 1 aromatic heterocycles. The van der Waals surface area contributed by atoms with Gasteiger partial charge in [0, 0.05) is 22.4 Å². The molecule has 1 amide bonds. The zero-order chi connectivity index (χ0) is 21.1. The van der Waals surface area contributed by atoms with Crippen LogP contribution in [0.4, 0.5) is 5.69 Å². The minimum absolute atomic E-state index is 0.0344. The maximum absolute atomic E-state index is 12.9. The molecule has 3 atom stereocenters. The van der Waals surface area contributed by atoms with E-state index >= 15 is 0 Å². The molecular weight excluding hydrogens is 392 g/mol. The summed E-state index contributed by atoms with van der Waals surface area (Å²) in [5, 5.41) is 14.4. The largest absolute Gasteiger partial charge is 0.325 e. The van der Waals surface area contributed by atoms with Gasteiger partial charge in [0.25, 0.3) is 0 Å². The Balaban J connectivity index is 1.35. The predicted molar refractivity (Wildman–Crippen MR) is 121 cm³/mol. The lowest BCUT2D eigenvalue weighted by Gasteiger charge is -2.34. The molecule has 2 aromatic carbocycles. The second-order valence-electron chi connectivity index (χ2n) is 9.25. The Labute approximate surface area is 181 Å². The van der Waals surface area contributed by atoms with Crippen LogP contribution >= 0.6 is 11.8 Å². The van der Waals surface area contributed by atoms with Gasteiger partial charge in [-0.1, -0.05) is 68.9 Å². The number of fused-ring (bicyclic) bond motifs is 6. The summed E-state index contributed by atoms with van der Waals surface area (Å²) in [4.78, 5) is 17.8. The van der Waals surface area contributed by atoms with Crippen LogP contribution in [0.3, 0.4) is 0 Å². The Bertz CT molecular complexity index is 1160. The summed E-state index contributed by atoms with van der Waals surface area (Å²) in [6.07, 6.45) is 2.29. The van der Waals surface area contributed by atoms with Gasteiger partial charge in [-0.3, -0.25) is 4.79 Å². The van der Waals surface area contributed by atoms with Gasteiger partial charge < -0.3 is 5.32 Å². The summed E-state index contributed by atoms with van der Waals surface area (Å²) in [5.74, 6) is 0.372. The second-order valence-corrected chi connectivity index (χ2v) is 10.6. The van der Waals surface area contributed by atoms with Crippen LogP contribution in [-0.2, 0) is 10.2 Å². The molecule has 6 heteroatoms. The Morgan fingerprint density at radius 1 is 1.13 bits per heavy atom. The van der Waals surface area contributed by atoms with E-state index in [0.717, 1.165) is 40.7 Å². The monoisotopic (exact) mass is 418 g/mol. The van der Waals surface area contributed by atoms with Crippen LogP contribution in [0.5, 0.6) is 0 Å². The highest BCUT2D eigenvalue weighted by molar-refractivity contribution is 8.00. The minimum Gasteiger partial charge on any atom is -0.325 e. The molecule has 1 N–H and O–H groups in total. The number of nitrogens with one attached hydrogen (secondary N) is 1. The lowest BCUT2D eigenvalue weighted by Crippen LogP contribution is -2.32. The zero-order valence-electron chi connectivity index (χ0n) is 17.8. The standard InChI is InChI=1S/C24H26N4OS/c1-14(21(29)25-18-11-7-9-15-8-5-6-10-16(15)18)30-22-26-20-19(27-28-22)17-12-13-24(20,4)23(17,2)3/h5-11,14,17H,12-13H2,1-4H3,(H,25,29). The third-order valence-electron chi connectivity index (χ3n) is 7.47. The summed E-state index contributed by atoms with van der Waals surface area (Å²) < 4.78 is 0. The molecule has 0 aliphatic heterocycles. The molecule has 5 nitrogen and oxygen atoms in total. The fraction of sp³-hybridized carbons (Fsp3) is 0.417. The molecule has 3 unspecified atom stereocenters. The summed E-state index contributed by atoms with van der Waals surface area (Å²) in [7, 11) is 0. The number of amides is 1. The number of hydrogen-bond acceptors (Lipinski definition) is 5. The Morgan fingerprint density at radius 2 is 1.90 bits per heavy atom. The maximum atomic E-state index is 12.9. The highest BCUT2D eigenvalue weighted by atomic mass is 32.2. The molecule has 0 saturated heterocycles. The molecule has 2 aliphatic carbocycles. The maximum Gasteiger partial charge on any atom is 0.237 e. The lowest BCUT2D eigenvalue weighted by atomic mass is 9.70. The van der Waals surface area contributed by atoms with Crippen LogP contribution in [0.2, 0.25) is 0 Å². The van der Waals surface area contributed by atoms with Gasteiger partial charge in [0.1, 0.15) is 0 Å². The smallest absolute Gasteiger partial charge is 0.237 e. The number of benzene rings is 2. The topological polar surface area (TPSA) is 67.8 Å². The van der Waals surface area contributed by atoms with Crippen molar-refractivity contribution in [2.75, 3.05) is 5.32 Å². The third-order valence-corrected chi connectivity index (χ3v) is 8.42. The first-order chi connectivity index (χ1) is 14.3. The zero-order valence-corrected chi connectivity index (χ0v) is 18.6. The molecule has 1 saturated carbocycles. The predicted octanol–water partition coefficient (Wildman–Crippen LogP) is 5.32. The quantitative estimate of drug-likeness (QED) is 0.581. The number of carbonyl (C=O) groups is 1. The van der Waals surface area contributed by atoms with Gasteiger partial charge in [0.2, 0.25) is 11.1 Å². The van der Waals surface area contributed by atoms with E-state index < -0.39 is 0 Å². The molecule has 0 spiro atoms. The van der Waals surface area contributed by atoms with Crippen molar-refractivity contribution in [3.05, 3.63) is 53.9 Å². The number of anilines is 1. The van der Waals surface area contributed by atoms with Crippen LogP contribution < -0.4 is 5.32 Å². The van der Waals surface area contributed by atoms with Crippen molar-refractivity contribution in [1.29, 1.82) is 0 Å².